The van der Waals surface area contributed by atoms with Crippen LogP contribution in [0.5, 0.6) is 0 Å². The van der Waals surface area contributed by atoms with Crippen molar-refractivity contribution in [1.82, 2.24) is 9.80 Å². The first-order chi connectivity index (χ1) is 7.70. The van der Waals surface area contributed by atoms with E-state index in [1.54, 1.807) is 0 Å². The number of rotatable bonds is 3. The predicted molar refractivity (Wildman–Crippen MR) is 65.7 cm³/mol. The maximum atomic E-state index is 11.7. The van der Waals surface area contributed by atoms with Gasteiger partial charge < -0.3 is 9.80 Å². The summed E-state index contributed by atoms with van der Waals surface area (Å²) in [4.78, 5) is 16.2. The zero-order valence-electron chi connectivity index (χ0n) is 9.99. The maximum Gasteiger partial charge on any atom is 0.224 e. The van der Waals surface area contributed by atoms with Gasteiger partial charge in [0, 0.05) is 32.1 Å². The minimum Gasteiger partial charge on any atom is -0.338 e. The van der Waals surface area contributed by atoms with Gasteiger partial charge >= 0.3 is 0 Å². The van der Waals surface area contributed by atoms with E-state index in [2.05, 4.69) is 11.8 Å². The second-order valence-corrected chi connectivity index (χ2v) is 5.54. The molecule has 2 aliphatic heterocycles. The van der Waals surface area contributed by atoms with Gasteiger partial charge in [0.05, 0.1) is 5.38 Å². The molecule has 92 valence electrons. The summed E-state index contributed by atoms with van der Waals surface area (Å²) in [6, 6.07) is 0.448. The lowest BCUT2D eigenvalue weighted by molar-refractivity contribution is -0.130. The van der Waals surface area contributed by atoms with Gasteiger partial charge in [-0.3, -0.25) is 4.79 Å². The van der Waals surface area contributed by atoms with Gasteiger partial charge in [-0.05, 0) is 25.8 Å². The third-order valence-corrected chi connectivity index (χ3v) is 3.94. The Labute approximate surface area is 103 Å². The minimum atomic E-state index is 0.0428. The quantitative estimate of drug-likeness (QED) is 0.706. The molecule has 2 rings (SSSR count). The number of nitrogens with zero attached hydrogens (tertiary/aromatic N) is 2. The summed E-state index contributed by atoms with van der Waals surface area (Å²) in [7, 11) is 0. The lowest BCUT2D eigenvalue weighted by Crippen LogP contribution is -2.45. The molecule has 0 bridgehead atoms. The first-order valence-electron chi connectivity index (χ1n) is 6.36. The van der Waals surface area contributed by atoms with Gasteiger partial charge in [0.15, 0.2) is 0 Å². The number of carbonyl (C=O) groups is 1. The highest BCUT2D eigenvalue weighted by molar-refractivity contribution is 6.22. The number of halogens is 1. The molecular formula is C12H21ClN2O. The van der Waals surface area contributed by atoms with E-state index in [0.717, 1.165) is 32.5 Å². The first kappa shape index (κ1) is 12.2. The van der Waals surface area contributed by atoms with Crippen molar-refractivity contribution in [3.05, 3.63) is 0 Å². The van der Waals surface area contributed by atoms with Crippen molar-refractivity contribution in [1.29, 1.82) is 0 Å². The van der Waals surface area contributed by atoms with Crippen LogP contribution in [-0.2, 0) is 4.79 Å². The summed E-state index contributed by atoms with van der Waals surface area (Å²) in [6.45, 7) is 6.44. The van der Waals surface area contributed by atoms with Crippen LogP contribution >= 0.6 is 11.6 Å². The number of hydrogen-bond donors (Lipinski definition) is 0. The molecule has 0 aliphatic carbocycles. The van der Waals surface area contributed by atoms with E-state index < -0.39 is 0 Å². The van der Waals surface area contributed by atoms with Crippen molar-refractivity contribution in [3.63, 3.8) is 0 Å². The molecule has 16 heavy (non-hydrogen) atoms. The van der Waals surface area contributed by atoms with Crippen LogP contribution in [0.4, 0.5) is 0 Å². The van der Waals surface area contributed by atoms with Crippen LogP contribution in [0.2, 0.25) is 0 Å². The molecule has 1 atom stereocenters. The van der Waals surface area contributed by atoms with Crippen LogP contribution in [0.15, 0.2) is 0 Å². The van der Waals surface area contributed by atoms with E-state index in [4.69, 9.17) is 11.6 Å². The fourth-order valence-electron chi connectivity index (χ4n) is 2.81. The normalized spacial score (nSPS) is 29.0. The number of likely N-dealkylation sites (tertiary alicyclic amines) is 2. The molecule has 0 radical (unpaired) electrons. The van der Waals surface area contributed by atoms with E-state index in [1.807, 2.05) is 4.90 Å². The number of amides is 1. The summed E-state index contributed by atoms with van der Waals surface area (Å²) in [5.41, 5.74) is 0. The Morgan fingerprint density at radius 2 is 2.06 bits per heavy atom. The maximum absolute atomic E-state index is 11.7. The highest BCUT2D eigenvalue weighted by Crippen LogP contribution is 2.24. The molecule has 2 fully saturated rings. The molecule has 2 aliphatic rings. The monoisotopic (exact) mass is 244 g/mol. The zero-order valence-corrected chi connectivity index (χ0v) is 10.7. The van der Waals surface area contributed by atoms with Gasteiger partial charge in [-0.2, -0.15) is 0 Å². The van der Waals surface area contributed by atoms with Crippen molar-refractivity contribution >= 4 is 17.5 Å². The Hall–Kier alpha value is -0.280. The average molecular weight is 245 g/mol. The summed E-state index contributed by atoms with van der Waals surface area (Å²) < 4.78 is 0. The van der Waals surface area contributed by atoms with E-state index in [0.29, 0.717) is 12.5 Å². The second-order valence-electron chi connectivity index (χ2n) is 4.92. The third kappa shape index (κ3) is 2.69. The lowest BCUT2D eigenvalue weighted by atomic mass is 10.0. The van der Waals surface area contributed by atoms with Crippen LogP contribution in [0.25, 0.3) is 0 Å². The molecule has 0 N–H and O–H groups in total. The molecular weight excluding hydrogens is 224 g/mol. The molecule has 2 saturated heterocycles. The zero-order chi connectivity index (χ0) is 11.5. The third-order valence-electron chi connectivity index (χ3n) is 3.65. The number of carbonyl (C=O) groups excluding carboxylic acids is 1. The van der Waals surface area contributed by atoms with Gasteiger partial charge in [-0.15, -0.1) is 11.6 Å². The Balaban J connectivity index is 1.82. The van der Waals surface area contributed by atoms with E-state index in [-0.39, 0.29) is 11.3 Å². The Morgan fingerprint density at radius 3 is 2.56 bits per heavy atom. The molecule has 1 unspecified atom stereocenters. The molecule has 4 heteroatoms. The van der Waals surface area contributed by atoms with Crippen molar-refractivity contribution in [2.75, 3.05) is 26.2 Å². The van der Waals surface area contributed by atoms with E-state index in [1.165, 1.54) is 13.0 Å². The number of piperidine rings is 1. The highest BCUT2D eigenvalue weighted by atomic mass is 35.5. The topological polar surface area (TPSA) is 23.6 Å². The molecule has 0 saturated carbocycles. The van der Waals surface area contributed by atoms with E-state index in [9.17, 15) is 4.79 Å². The summed E-state index contributed by atoms with van der Waals surface area (Å²) in [5.74, 6) is 0.258. The summed E-state index contributed by atoms with van der Waals surface area (Å²) in [5, 5.41) is 0.0428. The van der Waals surface area contributed by atoms with Crippen LogP contribution in [0, 0.1) is 0 Å². The Kier molecular flexibility index (Phi) is 4.09. The molecule has 0 aromatic carbocycles. The van der Waals surface area contributed by atoms with Crippen LogP contribution in [0.1, 0.15) is 32.6 Å². The largest absolute Gasteiger partial charge is 0.338 e. The van der Waals surface area contributed by atoms with Gasteiger partial charge in [0.25, 0.3) is 0 Å². The molecule has 2 heterocycles. The predicted octanol–water partition coefficient (Wildman–Crippen LogP) is 1.70. The van der Waals surface area contributed by atoms with Crippen LogP contribution in [-0.4, -0.2) is 53.3 Å². The summed E-state index contributed by atoms with van der Waals surface area (Å²) >= 11 is 6.03. The fourth-order valence-corrected chi connectivity index (χ4v) is 3.09. The lowest BCUT2D eigenvalue weighted by Gasteiger charge is -2.36. The number of alkyl halides is 1. The second kappa shape index (κ2) is 5.37. The minimum absolute atomic E-state index is 0.0428. The van der Waals surface area contributed by atoms with Gasteiger partial charge in [-0.25, -0.2) is 0 Å². The van der Waals surface area contributed by atoms with Crippen LogP contribution in [0.3, 0.4) is 0 Å². The van der Waals surface area contributed by atoms with Crippen molar-refractivity contribution < 1.29 is 4.79 Å². The van der Waals surface area contributed by atoms with Crippen molar-refractivity contribution in [3.8, 4) is 0 Å². The Morgan fingerprint density at radius 1 is 1.38 bits per heavy atom. The standard InChI is InChI=1S/C12H21ClN2O/c1-2-5-14-6-3-11(4-7-14)15-9-10(13)8-12(15)16/h10-11H,2-9H2,1H3. The van der Waals surface area contributed by atoms with Crippen molar-refractivity contribution in [2.24, 2.45) is 0 Å². The SMILES string of the molecule is CCCN1CCC(N2CC(Cl)CC2=O)CC1. The number of hydrogen-bond acceptors (Lipinski definition) is 2. The Bertz CT molecular complexity index is 251. The molecule has 0 spiro atoms. The smallest absolute Gasteiger partial charge is 0.224 e. The summed E-state index contributed by atoms with van der Waals surface area (Å²) in [6.07, 6.45) is 4.00. The fraction of sp³-hybridized carbons (Fsp3) is 0.917. The highest BCUT2D eigenvalue weighted by Gasteiger charge is 2.34. The molecule has 1 amide bonds. The molecule has 0 aromatic heterocycles. The van der Waals surface area contributed by atoms with Gasteiger partial charge in [0.1, 0.15) is 0 Å². The van der Waals surface area contributed by atoms with Crippen molar-refractivity contribution in [2.45, 2.75) is 44.0 Å². The van der Waals surface area contributed by atoms with E-state index >= 15 is 0 Å². The average Bonchev–Trinajstić information content (AvgIpc) is 2.59. The van der Waals surface area contributed by atoms with Crippen LogP contribution < -0.4 is 0 Å². The van der Waals surface area contributed by atoms with Gasteiger partial charge in [-0.1, -0.05) is 6.92 Å². The van der Waals surface area contributed by atoms with Gasteiger partial charge in [0.2, 0.25) is 5.91 Å². The molecule has 0 aromatic rings. The molecule has 3 nitrogen and oxygen atoms in total. The first-order valence-corrected chi connectivity index (χ1v) is 6.80.